The second-order valence-corrected chi connectivity index (χ2v) is 5.85. The van der Waals surface area contributed by atoms with E-state index in [4.69, 9.17) is 10.5 Å². The van der Waals surface area contributed by atoms with Crippen LogP contribution in [0.1, 0.15) is 38.5 Å². The number of hydrogen-bond acceptors (Lipinski definition) is 3. The lowest BCUT2D eigenvalue weighted by atomic mass is 9.84. The van der Waals surface area contributed by atoms with Crippen molar-refractivity contribution in [3.63, 3.8) is 0 Å². The molecule has 0 radical (unpaired) electrons. The van der Waals surface area contributed by atoms with Crippen molar-refractivity contribution in [2.45, 2.75) is 50.7 Å². The zero-order valence-corrected chi connectivity index (χ0v) is 12.7. The molecule has 1 saturated heterocycles. The summed E-state index contributed by atoms with van der Waals surface area (Å²) in [4.78, 5) is 2.56. The van der Waals surface area contributed by atoms with E-state index >= 15 is 0 Å². The second-order valence-electron chi connectivity index (χ2n) is 5.85. The molecule has 2 N–H and O–H groups in total. The van der Waals surface area contributed by atoms with Gasteiger partial charge in [-0.15, -0.1) is 19.0 Å². The minimum Gasteiger partial charge on any atom is -0.373 e. The summed E-state index contributed by atoms with van der Waals surface area (Å²) in [5.41, 5.74) is 6.24. The maximum atomic E-state index is 6.24. The fraction of sp³-hybridized carbons (Fsp3) is 0.867. The number of nitrogens with two attached hydrogens (primary N) is 1. The SMILES string of the molecule is C=CCO[C@@H]1CCCN(C[C@H]2CCCC[C@@H]2N)C1.Cl. The summed E-state index contributed by atoms with van der Waals surface area (Å²) in [6.45, 7) is 7.87. The number of halogens is 1. The average molecular weight is 289 g/mol. The van der Waals surface area contributed by atoms with Crippen LogP contribution >= 0.6 is 12.4 Å². The highest BCUT2D eigenvalue weighted by atomic mass is 35.5. The summed E-state index contributed by atoms with van der Waals surface area (Å²) < 4.78 is 5.79. The van der Waals surface area contributed by atoms with Gasteiger partial charge < -0.3 is 15.4 Å². The van der Waals surface area contributed by atoms with E-state index in [1.54, 1.807) is 0 Å². The first kappa shape index (κ1) is 17.0. The molecule has 1 saturated carbocycles. The number of ether oxygens (including phenoxy) is 1. The summed E-state index contributed by atoms with van der Waals surface area (Å²) >= 11 is 0. The first-order chi connectivity index (χ1) is 8.79. The molecular formula is C15H29ClN2O. The van der Waals surface area contributed by atoms with Crippen LogP contribution in [-0.2, 0) is 4.74 Å². The zero-order valence-electron chi connectivity index (χ0n) is 11.9. The number of hydrogen-bond donors (Lipinski definition) is 1. The Labute approximate surface area is 124 Å². The Kier molecular flexibility index (Phi) is 8.00. The molecule has 0 unspecified atom stereocenters. The Bertz CT molecular complexity index is 263. The summed E-state index contributed by atoms with van der Waals surface area (Å²) in [7, 11) is 0. The van der Waals surface area contributed by atoms with Gasteiger partial charge in [0.1, 0.15) is 0 Å². The molecule has 0 spiro atoms. The van der Waals surface area contributed by atoms with Gasteiger partial charge in [0.25, 0.3) is 0 Å². The van der Waals surface area contributed by atoms with E-state index in [1.165, 1.54) is 51.6 Å². The van der Waals surface area contributed by atoms with E-state index in [0.29, 0.717) is 24.7 Å². The van der Waals surface area contributed by atoms with Gasteiger partial charge >= 0.3 is 0 Å². The standard InChI is InChI=1S/C15H28N2O.ClH/c1-2-10-18-14-7-5-9-17(12-14)11-13-6-3-4-8-15(13)16;/h2,13-15H,1,3-12,16H2;1H/t13-,14-,15+;/m1./s1. The normalized spacial score (nSPS) is 32.6. The third-order valence-corrected chi connectivity index (χ3v) is 4.37. The highest BCUT2D eigenvalue weighted by Crippen LogP contribution is 2.25. The Morgan fingerprint density at radius 2 is 2.00 bits per heavy atom. The predicted octanol–water partition coefficient (Wildman–Crippen LogP) is 2.59. The van der Waals surface area contributed by atoms with Gasteiger partial charge in [0.2, 0.25) is 0 Å². The number of piperidine rings is 1. The minimum atomic E-state index is 0. The van der Waals surface area contributed by atoms with Gasteiger partial charge in [0, 0.05) is 19.1 Å². The lowest BCUT2D eigenvalue weighted by Gasteiger charge is -2.37. The molecule has 19 heavy (non-hydrogen) atoms. The molecule has 2 fully saturated rings. The Hall–Kier alpha value is -0.0900. The van der Waals surface area contributed by atoms with Crippen molar-refractivity contribution >= 4 is 12.4 Å². The van der Waals surface area contributed by atoms with Crippen LogP contribution in [0.15, 0.2) is 12.7 Å². The molecule has 0 bridgehead atoms. The topological polar surface area (TPSA) is 38.5 Å². The maximum absolute atomic E-state index is 6.24. The molecule has 3 nitrogen and oxygen atoms in total. The van der Waals surface area contributed by atoms with Crippen molar-refractivity contribution in [1.29, 1.82) is 0 Å². The summed E-state index contributed by atoms with van der Waals surface area (Å²) in [5.74, 6) is 0.705. The number of likely N-dealkylation sites (tertiary alicyclic amines) is 1. The van der Waals surface area contributed by atoms with E-state index in [-0.39, 0.29) is 12.4 Å². The van der Waals surface area contributed by atoms with Crippen LogP contribution in [0.4, 0.5) is 0 Å². The van der Waals surface area contributed by atoms with Crippen LogP contribution in [-0.4, -0.2) is 43.3 Å². The van der Waals surface area contributed by atoms with Crippen molar-refractivity contribution in [3.8, 4) is 0 Å². The molecule has 0 aromatic carbocycles. The van der Waals surface area contributed by atoms with E-state index in [0.717, 1.165) is 6.54 Å². The maximum Gasteiger partial charge on any atom is 0.0706 e. The first-order valence-electron chi connectivity index (χ1n) is 7.50. The molecule has 1 heterocycles. The van der Waals surface area contributed by atoms with E-state index in [1.807, 2.05) is 6.08 Å². The van der Waals surface area contributed by atoms with Gasteiger partial charge in [-0.3, -0.25) is 0 Å². The molecule has 0 aromatic rings. The van der Waals surface area contributed by atoms with Crippen molar-refractivity contribution in [1.82, 2.24) is 4.90 Å². The summed E-state index contributed by atoms with van der Waals surface area (Å²) in [5, 5.41) is 0. The van der Waals surface area contributed by atoms with Crippen LogP contribution in [0, 0.1) is 5.92 Å². The highest BCUT2D eigenvalue weighted by Gasteiger charge is 2.27. The van der Waals surface area contributed by atoms with Gasteiger partial charge in [0.05, 0.1) is 12.7 Å². The number of nitrogens with zero attached hydrogens (tertiary/aromatic N) is 1. The van der Waals surface area contributed by atoms with E-state index < -0.39 is 0 Å². The monoisotopic (exact) mass is 288 g/mol. The van der Waals surface area contributed by atoms with Gasteiger partial charge in [-0.05, 0) is 38.1 Å². The predicted molar refractivity (Wildman–Crippen MR) is 82.8 cm³/mol. The molecular weight excluding hydrogens is 260 g/mol. The molecule has 0 aromatic heterocycles. The van der Waals surface area contributed by atoms with Crippen molar-refractivity contribution in [2.24, 2.45) is 11.7 Å². The zero-order chi connectivity index (χ0) is 12.8. The molecule has 2 aliphatic rings. The first-order valence-corrected chi connectivity index (χ1v) is 7.50. The fourth-order valence-electron chi connectivity index (χ4n) is 3.31. The van der Waals surface area contributed by atoms with E-state index in [9.17, 15) is 0 Å². The Morgan fingerprint density at radius 1 is 1.21 bits per heavy atom. The lowest BCUT2D eigenvalue weighted by Crippen LogP contribution is -2.46. The third kappa shape index (κ3) is 5.42. The van der Waals surface area contributed by atoms with Crippen molar-refractivity contribution < 1.29 is 4.74 Å². The van der Waals surface area contributed by atoms with E-state index in [2.05, 4.69) is 11.5 Å². The number of rotatable bonds is 5. The summed E-state index contributed by atoms with van der Waals surface area (Å²) in [6.07, 6.45) is 9.91. The lowest BCUT2D eigenvalue weighted by molar-refractivity contribution is 0.00609. The van der Waals surface area contributed by atoms with Gasteiger partial charge in [-0.1, -0.05) is 18.9 Å². The van der Waals surface area contributed by atoms with Crippen molar-refractivity contribution in [2.75, 3.05) is 26.2 Å². The molecule has 112 valence electrons. The van der Waals surface area contributed by atoms with Crippen LogP contribution < -0.4 is 5.73 Å². The molecule has 0 amide bonds. The van der Waals surface area contributed by atoms with Gasteiger partial charge in [-0.25, -0.2) is 0 Å². The largest absolute Gasteiger partial charge is 0.373 e. The third-order valence-electron chi connectivity index (χ3n) is 4.37. The van der Waals surface area contributed by atoms with Gasteiger partial charge in [0.15, 0.2) is 0 Å². The molecule has 1 aliphatic heterocycles. The Balaban J connectivity index is 0.00000180. The van der Waals surface area contributed by atoms with Crippen LogP contribution in [0.5, 0.6) is 0 Å². The second kappa shape index (κ2) is 8.96. The minimum absolute atomic E-state index is 0. The van der Waals surface area contributed by atoms with Crippen LogP contribution in [0.2, 0.25) is 0 Å². The van der Waals surface area contributed by atoms with Gasteiger partial charge in [-0.2, -0.15) is 0 Å². The van der Waals surface area contributed by atoms with Crippen molar-refractivity contribution in [3.05, 3.63) is 12.7 Å². The smallest absolute Gasteiger partial charge is 0.0706 e. The van der Waals surface area contributed by atoms with Crippen LogP contribution in [0.3, 0.4) is 0 Å². The average Bonchev–Trinajstić information content (AvgIpc) is 2.40. The summed E-state index contributed by atoms with van der Waals surface area (Å²) in [6, 6.07) is 0.424. The molecule has 4 heteroatoms. The van der Waals surface area contributed by atoms with Crippen LogP contribution in [0.25, 0.3) is 0 Å². The fourth-order valence-corrected chi connectivity index (χ4v) is 3.31. The Morgan fingerprint density at radius 3 is 2.74 bits per heavy atom. The highest BCUT2D eigenvalue weighted by molar-refractivity contribution is 5.85. The molecule has 1 aliphatic carbocycles. The quantitative estimate of drug-likeness (QED) is 0.790. The molecule has 2 rings (SSSR count). The molecule has 3 atom stereocenters.